The predicted octanol–water partition coefficient (Wildman–Crippen LogP) is 3.82. The molecular weight excluding hydrogens is 363 g/mol. The van der Waals surface area contributed by atoms with E-state index in [0.717, 1.165) is 12.8 Å². The maximum Gasteiger partial charge on any atom is 0.231 e. The fourth-order valence-corrected chi connectivity index (χ4v) is 3.77. The van der Waals surface area contributed by atoms with Crippen LogP contribution in [0, 0.1) is 18.2 Å². The predicted molar refractivity (Wildman–Crippen MR) is 105 cm³/mol. The van der Waals surface area contributed by atoms with E-state index in [2.05, 4.69) is 21.4 Å². The highest BCUT2D eigenvalue weighted by atomic mass is 32.2. The minimum Gasteiger partial charge on any atom is -0.339 e. The Hall–Kier alpha value is -2.33. The largest absolute Gasteiger partial charge is 0.339 e. The molecule has 1 aliphatic rings. The second kappa shape index (κ2) is 8.13. The van der Waals surface area contributed by atoms with E-state index in [0.29, 0.717) is 29.4 Å². The van der Waals surface area contributed by atoms with Gasteiger partial charge in [-0.3, -0.25) is 9.36 Å². The second-order valence-corrected chi connectivity index (χ2v) is 7.60. The summed E-state index contributed by atoms with van der Waals surface area (Å²) in [6.45, 7) is 3.92. The lowest BCUT2D eigenvalue weighted by Crippen LogP contribution is -2.47. The zero-order valence-corrected chi connectivity index (χ0v) is 16.4. The van der Waals surface area contributed by atoms with Crippen molar-refractivity contribution in [2.75, 3.05) is 5.75 Å². The first-order chi connectivity index (χ1) is 13.0. The molecule has 0 bridgehead atoms. The number of nitrogens with one attached hydrogen (secondary N) is 1. The normalized spacial score (nSPS) is 14.0. The molecular formula is C20H23FN4OS. The topological polar surface area (TPSA) is 59.8 Å². The number of thioether (sulfide) groups is 1. The van der Waals surface area contributed by atoms with Gasteiger partial charge >= 0.3 is 0 Å². The number of amides is 1. The van der Waals surface area contributed by atoms with Gasteiger partial charge in [-0.05, 0) is 37.8 Å². The van der Waals surface area contributed by atoms with E-state index in [4.69, 9.17) is 6.42 Å². The molecule has 0 atom stereocenters. The molecule has 1 aromatic carbocycles. The lowest BCUT2D eigenvalue weighted by atomic mass is 9.94. The summed E-state index contributed by atoms with van der Waals surface area (Å²) in [6.07, 6.45) is 8.96. The molecule has 0 unspecified atom stereocenters. The van der Waals surface area contributed by atoms with Gasteiger partial charge in [0, 0.05) is 6.04 Å². The van der Waals surface area contributed by atoms with Crippen LogP contribution in [0.25, 0.3) is 11.4 Å². The summed E-state index contributed by atoms with van der Waals surface area (Å²) in [5.41, 5.74) is -0.184. The van der Waals surface area contributed by atoms with Gasteiger partial charge in [0.15, 0.2) is 11.0 Å². The summed E-state index contributed by atoms with van der Waals surface area (Å²) >= 11 is 1.30. The maximum atomic E-state index is 14.2. The van der Waals surface area contributed by atoms with Crippen LogP contribution < -0.4 is 5.32 Å². The van der Waals surface area contributed by atoms with Gasteiger partial charge in [0.05, 0.1) is 11.3 Å². The van der Waals surface area contributed by atoms with Crippen LogP contribution in [0.2, 0.25) is 0 Å². The van der Waals surface area contributed by atoms with Crippen LogP contribution in [0.4, 0.5) is 4.39 Å². The van der Waals surface area contributed by atoms with Crippen LogP contribution in [0.1, 0.15) is 45.6 Å². The Bertz CT molecular complexity index is 865. The van der Waals surface area contributed by atoms with Gasteiger partial charge in [0.25, 0.3) is 0 Å². The van der Waals surface area contributed by atoms with Gasteiger partial charge in [0.1, 0.15) is 11.4 Å². The first-order valence-electron chi connectivity index (χ1n) is 9.15. The van der Waals surface area contributed by atoms with Crippen molar-refractivity contribution >= 4 is 17.7 Å². The number of halogens is 1. The smallest absolute Gasteiger partial charge is 0.231 e. The average Bonchev–Trinajstić information content (AvgIpc) is 3.44. The summed E-state index contributed by atoms with van der Waals surface area (Å²) in [6, 6.07) is 6.80. The van der Waals surface area contributed by atoms with Crippen molar-refractivity contribution < 1.29 is 9.18 Å². The molecule has 0 saturated heterocycles. The van der Waals surface area contributed by atoms with Crippen molar-refractivity contribution in [2.45, 2.75) is 56.3 Å². The van der Waals surface area contributed by atoms with E-state index in [9.17, 15) is 9.18 Å². The number of aromatic nitrogens is 3. The second-order valence-electron chi connectivity index (χ2n) is 6.66. The Labute approximate surface area is 163 Å². The Kier molecular flexibility index (Phi) is 5.85. The Balaban J connectivity index is 1.76. The number of rotatable bonds is 8. The number of nitrogens with zero attached hydrogens (tertiary/aromatic N) is 3. The van der Waals surface area contributed by atoms with E-state index in [1.165, 1.54) is 17.8 Å². The van der Waals surface area contributed by atoms with Crippen LogP contribution in [0.15, 0.2) is 29.4 Å². The number of hydrogen-bond donors (Lipinski definition) is 1. The van der Waals surface area contributed by atoms with Gasteiger partial charge in [-0.25, -0.2) is 4.39 Å². The summed E-state index contributed by atoms with van der Waals surface area (Å²) in [5.74, 6) is 2.93. The number of carbonyl (C=O) groups excluding carboxylic acids is 1. The monoisotopic (exact) mass is 386 g/mol. The summed E-state index contributed by atoms with van der Waals surface area (Å²) in [5, 5.41) is 12.0. The van der Waals surface area contributed by atoms with Gasteiger partial charge < -0.3 is 5.32 Å². The molecule has 7 heteroatoms. The third-order valence-corrected chi connectivity index (χ3v) is 5.83. The minimum absolute atomic E-state index is 0.139. The van der Waals surface area contributed by atoms with E-state index >= 15 is 0 Å². The standard InChI is InChI=1S/C20H23FN4OS/c1-4-20(5-2,6-3)22-17(26)13-27-19-24-23-18(25(19)14-11-12-14)15-9-7-8-10-16(15)21/h1,7-10,14H,5-6,11-13H2,2-3H3,(H,22,26). The molecule has 1 saturated carbocycles. The minimum atomic E-state index is -0.611. The first-order valence-corrected chi connectivity index (χ1v) is 10.1. The fraction of sp³-hybridized carbons (Fsp3) is 0.450. The van der Waals surface area contributed by atoms with E-state index in [1.54, 1.807) is 18.2 Å². The molecule has 0 radical (unpaired) electrons. The summed E-state index contributed by atoms with van der Waals surface area (Å²) < 4.78 is 16.1. The third-order valence-electron chi connectivity index (χ3n) is 4.89. The van der Waals surface area contributed by atoms with Crippen molar-refractivity contribution in [2.24, 2.45) is 0 Å². The SMILES string of the molecule is C#CC(CC)(CC)NC(=O)CSc1nnc(-c2ccccc2F)n1C1CC1. The molecule has 1 aromatic heterocycles. The van der Waals surface area contributed by atoms with Crippen molar-refractivity contribution in [3.63, 3.8) is 0 Å². The van der Waals surface area contributed by atoms with Crippen molar-refractivity contribution in [3.8, 4) is 23.7 Å². The van der Waals surface area contributed by atoms with Crippen LogP contribution in [-0.2, 0) is 4.79 Å². The molecule has 142 valence electrons. The highest BCUT2D eigenvalue weighted by Gasteiger charge is 2.31. The van der Waals surface area contributed by atoms with E-state index in [1.807, 2.05) is 18.4 Å². The molecule has 0 aliphatic heterocycles. The van der Waals surface area contributed by atoms with E-state index < -0.39 is 5.54 Å². The van der Waals surface area contributed by atoms with Crippen molar-refractivity contribution in [1.29, 1.82) is 0 Å². The molecule has 27 heavy (non-hydrogen) atoms. The summed E-state index contributed by atoms with van der Waals surface area (Å²) in [4.78, 5) is 12.4. The van der Waals surface area contributed by atoms with Crippen LogP contribution >= 0.6 is 11.8 Å². The Morgan fingerprint density at radius 1 is 1.37 bits per heavy atom. The Morgan fingerprint density at radius 3 is 2.67 bits per heavy atom. The quantitative estimate of drug-likeness (QED) is 0.553. The van der Waals surface area contributed by atoms with Crippen LogP contribution in [0.5, 0.6) is 0 Å². The Morgan fingerprint density at radius 2 is 2.07 bits per heavy atom. The zero-order valence-electron chi connectivity index (χ0n) is 15.5. The molecule has 1 amide bonds. The molecule has 1 N–H and O–H groups in total. The fourth-order valence-electron chi connectivity index (χ4n) is 2.96. The van der Waals surface area contributed by atoms with Crippen molar-refractivity contribution in [3.05, 3.63) is 30.1 Å². The van der Waals surface area contributed by atoms with Crippen LogP contribution in [-0.4, -0.2) is 32.0 Å². The number of benzene rings is 1. The van der Waals surface area contributed by atoms with Crippen molar-refractivity contribution in [1.82, 2.24) is 20.1 Å². The molecule has 3 rings (SSSR count). The number of hydrogen-bond acceptors (Lipinski definition) is 4. The third kappa shape index (κ3) is 4.16. The lowest BCUT2D eigenvalue weighted by Gasteiger charge is -2.26. The lowest BCUT2D eigenvalue weighted by molar-refractivity contribution is -0.119. The summed E-state index contributed by atoms with van der Waals surface area (Å²) in [7, 11) is 0. The van der Waals surface area contributed by atoms with Gasteiger partial charge in [-0.15, -0.1) is 16.6 Å². The number of terminal acetylenes is 1. The molecule has 2 aromatic rings. The van der Waals surface area contributed by atoms with Crippen LogP contribution in [0.3, 0.4) is 0 Å². The van der Waals surface area contributed by atoms with Gasteiger partial charge in [0.2, 0.25) is 5.91 Å². The highest BCUT2D eigenvalue weighted by Crippen LogP contribution is 2.41. The molecule has 1 aliphatic carbocycles. The zero-order chi connectivity index (χ0) is 19.4. The molecule has 0 spiro atoms. The molecule has 1 fully saturated rings. The average molecular weight is 386 g/mol. The number of carbonyl (C=O) groups is 1. The highest BCUT2D eigenvalue weighted by molar-refractivity contribution is 7.99. The molecule has 1 heterocycles. The first kappa shape index (κ1) is 19.4. The maximum absolute atomic E-state index is 14.2. The molecule has 5 nitrogen and oxygen atoms in total. The van der Waals surface area contributed by atoms with Gasteiger partial charge in [-0.2, -0.15) is 0 Å². The van der Waals surface area contributed by atoms with Gasteiger partial charge in [-0.1, -0.05) is 43.7 Å². The van der Waals surface area contributed by atoms with E-state index in [-0.39, 0.29) is 23.5 Å².